The van der Waals surface area contributed by atoms with Crippen LogP contribution < -0.4 is 5.32 Å². The molecule has 2 rings (SSSR count). The summed E-state index contributed by atoms with van der Waals surface area (Å²) in [7, 11) is -1.74. The fraction of sp³-hybridized carbons (Fsp3) is 0.667. The molecule has 1 N–H and O–H groups in total. The minimum absolute atomic E-state index is 0.128. The lowest BCUT2D eigenvalue weighted by atomic mass is 9.93. The topological polar surface area (TPSA) is 64.4 Å². The molecule has 1 aliphatic rings. The summed E-state index contributed by atoms with van der Waals surface area (Å²) in [6.07, 6.45) is 4.28. The Kier molecular flexibility index (Phi) is 6.33. The number of nitro benzene ring substituents is 1. The highest BCUT2D eigenvalue weighted by Gasteiger charge is 2.39. The van der Waals surface area contributed by atoms with E-state index in [2.05, 4.69) is 55.1 Å². The Labute approximate surface area is 159 Å². The second kappa shape index (κ2) is 7.76. The van der Waals surface area contributed by atoms with Gasteiger partial charge in [-0.15, -0.1) is 0 Å². The largest absolute Gasteiger partial charge is 0.414 e. The summed E-state index contributed by atoms with van der Waals surface area (Å²) in [5.74, 6) is 0. The zero-order valence-corrected chi connectivity index (χ0v) is 18.4. The van der Waals surface area contributed by atoms with Crippen molar-refractivity contribution in [2.45, 2.75) is 76.7 Å². The zero-order chi connectivity index (χ0) is 18.8. The molecule has 0 saturated heterocycles. The van der Waals surface area contributed by atoms with Crippen LogP contribution in [0.3, 0.4) is 0 Å². The summed E-state index contributed by atoms with van der Waals surface area (Å²) in [4.78, 5) is 10.9. The molecular weight excluding hydrogens is 400 g/mol. The summed E-state index contributed by atoms with van der Waals surface area (Å²) in [6, 6.07) is 5.29. The summed E-state index contributed by atoms with van der Waals surface area (Å²) < 4.78 is 7.36. The molecule has 0 aliphatic heterocycles. The van der Waals surface area contributed by atoms with Gasteiger partial charge in [0.05, 0.1) is 4.92 Å². The van der Waals surface area contributed by atoms with E-state index < -0.39 is 8.32 Å². The fourth-order valence-electron chi connectivity index (χ4n) is 2.92. The van der Waals surface area contributed by atoms with E-state index in [1.165, 1.54) is 0 Å². The van der Waals surface area contributed by atoms with Crippen molar-refractivity contribution in [1.29, 1.82) is 0 Å². The number of hydrogen-bond donors (Lipinski definition) is 1. The second-order valence-electron chi connectivity index (χ2n) is 8.41. The van der Waals surface area contributed by atoms with Crippen molar-refractivity contribution in [2.75, 3.05) is 5.32 Å². The van der Waals surface area contributed by atoms with Gasteiger partial charge in [0.1, 0.15) is 5.69 Å². The minimum atomic E-state index is -1.74. The first-order chi connectivity index (χ1) is 11.5. The van der Waals surface area contributed by atoms with Crippen LogP contribution in [0.4, 0.5) is 11.4 Å². The predicted octanol–water partition coefficient (Wildman–Crippen LogP) is 6.10. The Bertz CT molecular complexity index is 623. The second-order valence-corrected chi connectivity index (χ2v) is 14.1. The van der Waals surface area contributed by atoms with Gasteiger partial charge in [-0.05, 0) is 55.9 Å². The Morgan fingerprint density at radius 1 is 1.24 bits per heavy atom. The van der Waals surface area contributed by atoms with Gasteiger partial charge >= 0.3 is 0 Å². The number of hydrogen-bond acceptors (Lipinski definition) is 4. The molecular formula is C18H29BrN2O3Si. The highest BCUT2D eigenvalue weighted by Crippen LogP contribution is 2.39. The molecule has 0 bridgehead atoms. The Balaban J connectivity index is 1.96. The number of anilines is 1. The van der Waals surface area contributed by atoms with E-state index in [4.69, 9.17) is 4.43 Å². The number of nitrogens with one attached hydrogen (secondary N) is 1. The smallest absolute Gasteiger partial charge is 0.292 e. The quantitative estimate of drug-likeness (QED) is 0.349. The first-order valence-electron chi connectivity index (χ1n) is 8.88. The molecule has 1 fully saturated rings. The highest BCUT2D eigenvalue weighted by molar-refractivity contribution is 9.10. The number of nitro groups is 1. The van der Waals surface area contributed by atoms with Crippen LogP contribution in [0, 0.1) is 10.1 Å². The zero-order valence-electron chi connectivity index (χ0n) is 15.8. The van der Waals surface area contributed by atoms with E-state index in [9.17, 15) is 10.1 Å². The van der Waals surface area contributed by atoms with Crippen molar-refractivity contribution in [3.8, 4) is 0 Å². The molecule has 0 amide bonds. The monoisotopic (exact) mass is 428 g/mol. The SMILES string of the molecule is CC(C)(C)[Si](C)(C)O[C@H]1CC[C@H](Nc2cc(Br)ccc2[N+](=O)[O-])CC1. The van der Waals surface area contributed by atoms with E-state index in [1.54, 1.807) is 18.2 Å². The van der Waals surface area contributed by atoms with Gasteiger partial charge in [-0.2, -0.15) is 0 Å². The van der Waals surface area contributed by atoms with Crippen molar-refractivity contribution in [1.82, 2.24) is 0 Å². The standard InChI is InChI=1S/C18H29BrN2O3Si/c1-18(2,3)25(4,5)24-15-9-7-14(8-10-15)20-16-12-13(19)6-11-17(16)21(22)23/h6,11-12,14-15,20H,7-10H2,1-5H3/t14-,15-. The lowest BCUT2D eigenvalue weighted by molar-refractivity contribution is -0.384. The summed E-state index contributed by atoms with van der Waals surface area (Å²) in [5, 5.41) is 14.8. The molecule has 0 radical (unpaired) electrons. The molecule has 1 aliphatic carbocycles. The molecule has 140 valence electrons. The number of halogens is 1. The van der Waals surface area contributed by atoms with Crippen molar-refractivity contribution < 1.29 is 9.35 Å². The molecule has 0 heterocycles. The third-order valence-electron chi connectivity index (χ3n) is 5.46. The van der Waals surface area contributed by atoms with Gasteiger partial charge in [-0.25, -0.2) is 0 Å². The number of benzene rings is 1. The normalized spacial score (nSPS) is 21.8. The molecule has 25 heavy (non-hydrogen) atoms. The van der Waals surface area contributed by atoms with Gasteiger partial charge in [0.15, 0.2) is 8.32 Å². The fourth-order valence-corrected chi connectivity index (χ4v) is 4.71. The van der Waals surface area contributed by atoms with Gasteiger partial charge in [-0.1, -0.05) is 36.7 Å². The van der Waals surface area contributed by atoms with Gasteiger partial charge in [0.2, 0.25) is 0 Å². The maximum Gasteiger partial charge on any atom is 0.292 e. The summed E-state index contributed by atoms with van der Waals surface area (Å²) in [6.45, 7) is 11.4. The summed E-state index contributed by atoms with van der Waals surface area (Å²) >= 11 is 3.39. The van der Waals surface area contributed by atoms with E-state index in [1.807, 2.05) is 0 Å². The molecule has 0 aromatic heterocycles. The molecule has 0 spiro atoms. The highest BCUT2D eigenvalue weighted by atomic mass is 79.9. The van der Waals surface area contributed by atoms with E-state index in [0.29, 0.717) is 11.8 Å². The lowest BCUT2D eigenvalue weighted by Crippen LogP contribution is -2.45. The van der Waals surface area contributed by atoms with Crippen LogP contribution in [-0.2, 0) is 4.43 Å². The first-order valence-corrected chi connectivity index (χ1v) is 12.6. The third-order valence-corrected chi connectivity index (χ3v) is 10.5. The van der Waals surface area contributed by atoms with Crippen molar-refractivity contribution in [3.63, 3.8) is 0 Å². The Hall–Kier alpha value is -0.923. The van der Waals surface area contributed by atoms with Crippen LogP contribution in [0.15, 0.2) is 22.7 Å². The van der Waals surface area contributed by atoms with Crippen LogP contribution in [0.25, 0.3) is 0 Å². The number of rotatable bonds is 5. The van der Waals surface area contributed by atoms with Crippen LogP contribution in [0.2, 0.25) is 18.1 Å². The van der Waals surface area contributed by atoms with Crippen LogP contribution in [0.1, 0.15) is 46.5 Å². The van der Waals surface area contributed by atoms with E-state index >= 15 is 0 Å². The van der Waals surface area contributed by atoms with Crippen LogP contribution in [-0.4, -0.2) is 25.4 Å². The molecule has 1 saturated carbocycles. The van der Waals surface area contributed by atoms with E-state index in [0.717, 1.165) is 30.2 Å². The van der Waals surface area contributed by atoms with Crippen molar-refractivity contribution >= 4 is 35.6 Å². The maximum atomic E-state index is 11.2. The minimum Gasteiger partial charge on any atom is -0.414 e. The average molecular weight is 429 g/mol. The van der Waals surface area contributed by atoms with Crippen LogP contribution in [0.5, 0.6) is 0 Å². The molecule has 1 aromatic rings. The molecule has 0 unspecified atom stereocenters. The maximum absolute atomic E-state index is 11.2. The lowest BCUT2D eigenvalue weighted by Gasteiger charge is -2.41. The van der Waals surface area contributed by atoms with Crippen LogP contribution >= 0.6 is 15.9 Å². The van der Waals surface area contributed by atoms with Crippen molar-refractivity contribution in [3.05, 3.63) is 32.8 Å². The average Bonchev–Trinajstić information content (AvgIpc) is 2.47. The Morgan fingerprint density at radius 3 is 2.36 bits per heavy atom. The molecule has 1 aromatic carbocycles. The number of nitrogens with zero attached hydrogens (tertiary/aromatic N) is 1. The van der Waals surface area contributed by atoms with E-state index in [-0.39, 0.29) is 21.7 Å². The van der Waals surface area contributed by atoms with Gasteiger partial charge < -0.3 is 9.74 Å². The van der Waals surface area contributed by atoms with Gasteiger partial charge in [0, 0.05) is 22.7 Å². The van der Waals surface area contributed by atoms with Gasteiger partial charge in [-0.3, -0.25) is 10.1 Å². The third kappa shape index (κ3) is 5.28. The summed E-state index contributed by atoms with van der Waals surface area (Å²) in [5.41, 5.74) is 0.719. The first kappa shape index (κ1) is 20.4. The molecule has 0 atom stereocenters. The van der Waals surface area contributed by atoms with Crippen molar-refractivity contribution in [2.24, 2.45) is 0 Å². The molecule has 5 nitrogen and oxygen atoms in total. The Morgan fingerprint density at radius 2 is 1.84 bits per heavy atom. The van der Waals surface area contributed by atoms with Gasteiger partial charge in [0.25, 0.3) is 5.69 Å². The predicted molar refractivity (Wildman–Crippen MR) is 109 cm³/mol. The molecule has 7 heteroatoms.